The van der Waals surface area contributed by atoms with Crippen LogP contribution in [0, 0.1) is 5.92 Å². The highest BCUT2D eigenvalue weighted by atomic mass is 16.5. The molecule has 94 valence electrons. The predicted octanol–water partition coefficient (Wildman–Crippen LogP) is 1.65. The molecule has 2 aliphatic rings. The zero-order valence-electron chi connectivity index (χ0n) is 10.6. The average Bonchev–Trinajstić information content (AvgIpc) is 2.31. The quantitative estimate of drug-likeness (QED) is 0.778. The summed E-state index contributed by atoms with van der Waals surface area (Å²) in [5.74, 6) is 0.371. The zero-order valence-corrected chi connectivity index (χ0v) is 10.6. The molecule has 1 atom stereocenters. The second-order valence-electron chi connectivity index (χ2n) is 5.65. The number of likely N-dealkylation sites (tertiary alicyclic amines) is 1. The minimum Gasteiger partial charge on any atom is -0.389 e. The number of nitrogens with zero attached hydrogens (tertiary/aromatic N) is 1. The van der Waals surface area contributed by atoms with E-state index in [1.807, 2.05) is 0 Å². The Labute approximate surface area is 98.8 Å². The van der Waals surface area contributed by atoms with Crippen molar-refractivity contribution in [3.05, 3.63) is 0 Å². The fourth-order valence-electron chi connectivity index (χ4n) is 3.00. The lowest BCUT2D eigenvalue weighted by molar-refractivity contribution is -0.111. The first kappa shape index (κ1) is 12.3. The van der Waals surface area contributed by atoms with Gasteiger partial charge in [0.1, 0.15) is 0 Å². The Morgan fingerprint density at radius 3 is 2.50 bits per heavy atom. The van der Waals surface area contributed by atoms with Crippen molar-refractivity contribution in [2.75, 3.05) is 26.3 Å². The average molecular weight is 227 g/mol. The maximum atomic E-state index is 10.7. The molecule has 3 heteroatoms. The van der Waals surface area contributed by atoms with E-state index in [0.717, 1.165) is 52.0 Å². The molecule has 0 aromatic carbocycles. The molecule has 2 saturated heterocycles. The number of rotatable bonds is 2. The van der Waals surface area contributed by atoms with Gasteiger partial charge in [0, 0.05) is 31.7 Å². The predicted molar refractivity (Wildman–Crippen MR) is 64.4 cm³/mol. The highest BCUT2D eigenvalue weighted by Gasteiger charge is 2.40. The van der Waals surface area contributed by atoms with Crippen molar-refractivity contribution in [2.24, 2.45) is 5.92 Å². The van der Waals surface area contributed by atoms with Gasteiger partial charge in [-0.3, -0.25) is 0 Å². The summed E-state index contributed by atoms with van der Waals surface area (Å²) in [5, 5.41) is 10.7. The molecule has 2 fully saturated rings. The Balaban J connectivity index is 1.89. The minimum atomic E-state index is -0.453. The Hall–Kier alpha value is -0.120. The number of ether oxygens (including phenoxy) is 1. The normalized spacial score (nSPS) is 31.9. The van der Waals surface area contributed by atoms with Crippen molar-refractivity contribution in [3.63, 3.8) is 0 Å². The third-order valence-corrected chi connectivity index (χ3v) is 4.31. The van der Waals surface area contributed by atoms with Crippen molar-refractivity contribution in [2.45, 2.75) is 51.2 Å². The summed E-state index contributed by atoms with van der Waals surface area (Å²) in [6.45, 7) is 8.17. The van der Waals surface area contributed by atoms with Gasteiger partial charge in [0.15, 0.2) is 0 Å². The lowest BCUT2D eigenvalue weighted by atomic mass is 9.77. The van der Waals surface area contributed by atoms with E-state index in [0.29, 0.717) is 12.0 Å². The highest BCUT2D eigenvalue weighted by Crippen LogP contribution is 2.35. The topological polar surface area (TPSA) is 32.7 Å². The molecule has 1 N–H and O–H groups in total. The first-order valence-corrected chi connectivity index (χ1v) is 6.66. The molecule has 0 spiro atoms. The van der Waals surface area contributed by atoms with Gasteiger partial charge in [-0.05, 0) is 39.5 Å². The Bertz CT molecular complexity index is 216. The first-order valence-electron chi connectivity index (χ1n) is 6.66. The molecule has 3 nitrogen and oxygen atoms in total. The molecule has 2 rings (SSSR count). The molecule has 0 saturated carbocycles. The van der Waals surface area contributed by atoms with Crippen LogP contribution >= 0.6 is 0 Å². The van der Waals surface area contributed by atoms with Crippen molar-refractivity contribution in [3.8, 4) is 0 Å². The van der Waals surface area contributed by atoms with E-state index in [4.69, 9.17) is 4.74 Å². The van der Waals surface area contributed by atoms with Gasteiger partial charge in [0.05, 0.1) is 12.2 Å². The van der Waals surface area contributed by atoms with E-state index >= 15 is 0 Å². The van der Waals surface area contributed by atoms with Gasteiger partial charge in [0.25, 0.3) is 0 Å². The van der Waals surface area contributed by atoms with Gasteiger partial charge in [-0.2, -0.15) is 0 Å². The van der Waals surface area contributed by atoms with Gasteiger partial charge in [-0.1, -0.05) is 0 Å². The van der Waals surface area contributed by atoms with Gasteiger partial charge in [0.2, 0.25) is 0 Å². The van der Waals surface area contributed by atoms with E-state index in [9.17, 15) is 5.11 Å². The van der Waals surface area contributed by atoms with Crippen LogP contribution in [0.5, 0.6) is 0 Å². The monoisotopic (exact) mass is 227 g/mol. The second kappa shape index (κ2) is 5.03. The second-order valence-corrected chi connectivity index (χ2v) is 5.65. The molecule has 1 unspecified atom stereocenters. The Kier molecular flexibility index (Phi) is 3.88. The van der Waals surface area contributed by atoms with Crippen LogP contribution in [-0.4, -0.2) is 48.0 Å². The third-order valence-electron chi connectivity index (χ3n) is 4.31. The molecular formula is C13H25NO2. The van der Waals surface area contributed by atoms with Crippen molar-refractivity contribution in [1.82, 2.24) is 4.90 Å². The summed E-state index contributed by atoms with van der Waals surface area (Å²) in [7, 11) is 0. The Morgan fingerprint density at radius 1 is 1.31 bits per heavy atom. The summed E-state index contributed by atoms with van der Waals surface area (Å²) in [4.78, 5) is 2.46. The molecular weight excluding hydrogens is 202 g/mol. The molecule has 0 aliphatic carbocycles. The van der Waals surface area contributed by atoms with Crippen molar-refractivity contribution >= 4 is 0 Å². The van der Waals surface area contributed by atoms with Crippen LogP contribution in [0.25, 0.3) is 0 Å². The highest BCUT2D eigenvalue weighted by molar-refractivity contribution is 4.93. The largest absolute Gasteiger partial charge is 0.389 e. The van der Waals surface area contributed by atoms with Crippen LogP contribution in [-0.2, 0) is 4.74 Å². The molecule has 0 radical (unpaired) electrons. The zero-order chi connectivity index (χ0) is 11.6. The van der Waals surface area contributed by atoms with E-state index in [1.54, 1.807) is 0 Å². The summed E-state index contributed by atoms with van der Waals surface area (Å²) in [6.07, 6.45) is 4.08. The van der Waals surface area contributed by atoms with Crippen LogP contribution in [0.1, 0.15) is 39.5 Å². The van der Waals surface area contributed by atoms with Gasteiger partial charge in [-0.25, -0.2) is 0 Å². The molecule has 0 bridgehead atoms. The maximum absolute atomic E-state index is 10.7. The van der Waals surface area contributed by atoms with Crippen LogP contribution in [0.15, 0.2) is 0 Å². The van der Waals surface area contributed by atoms with E-state index in [-0.39, 0.29) is 0 Å². The van der Waals surface area contributed by atoms with Crippen LogP contribution in [0.3, 0.4) is 0 Å². The minimum absolute atomic E-state index is 0.371. The van der Waals surface area contributed by atoms with E-state index in [1.165, 1.54) is 0 Å². The van der Waals surface area contributed by atoms with Gasteiger partial charge >= 0.3 is 0 Å². The fourth-order valence-corrected chi connectivity index (χ4v) is 3.00. The number of aliphatic hydroxyl groups is 1. The molecule has 16 heavy (non-hydrogen) atoms. The van der Waals surface area contributed by atoms with Crippen molar-refractivity contribution < 1.29 is 9.84 Å². The molecule has 0 aromatic rings. The van der Waals surface area contributed by atoms with Gasteiger partial charge in [-0.15, -0.1) is 0 Å². The lowest BCUT2D eigenvalue weighted by Crippen LogP contribution is -2.52. The van der Waals surface area contributed by atoms with Crippen LogP contribution in [0.2, 0.25) is 0 Å². The van der Waals surface area contributed by atoms with Crippen molar-refractivity contribution in [1.29, 1.82) is 0 Å². The summed E-state index contributed by atoms with van der Waals surface area (Å²) in [6, 6.07) is 0.604. The summed E-state index contributed by atoms with van der Waals surface area (Å²) < 4.78 is 5.50. The standard InChI is InChI=1S/C13H25NO2/c1-11(2)14-7-5-13(15,6-8-14)12-4-3-9-16-10-12/h11-12,15H,3-10H2,1-2H3. The number of hydrogen-bond acceptors (Lipinski definition) is 3. The SMILES string of the molecule is CC(C)N1CCC(O)(C2CCCOC2)CC1. The van der Waals surface area contributed by atoms with Crippen LogP contribution < -0.4 is 0 Å². The fraction of sp³-hybridized carbons (Fsp3) is 1.00. The molecule has 2 aliphatic heterocycles. The number of hydrogen-bond donors (Lipinski definition) is 1. The van der Waals surface area contributed by atoms with Gasteiger partial charge < -0.3 is 14.7 Å². The summed E-state index contributed by atoms with van der Waals surface area (Å²) >= 11 is 0. The Morgan fingerprint density at radius 2 is 2.00 bits per heavy atom. The van der Waals surface area contributed by atoms with E-state index < -0.39 is 5.60 Å². The molecule has 0 aromatic heterocycles. The van der Waals surface area contributed by atoms with E-state index in [2.05, 4.69) is 18.7 Å². The molecule has 0 amide bonds. The first-order chi connectivity index (χ1) is 7.62. The molecule has 2 heterocycles. The number of piperidine rings is 1. The lowest BCUT2D eigenvalue weighted by Gasteiger charge is -2.45. The maximum Gasteiger partial charge on any atom is 0.0722 e. The van der Waals surface area contributed by atoms with Crippen LogP contribution in [0.4, 0.5) is 0 Å². The smallest absolute Gasteiger partial charge is 0.0722 e. The third kappa shape index (κ3) is 2.58. The summed E-state index contributed by atoms with van der Waals surface area (Å²) in [5.41, 5.74) is -0.453.